The van der Waals surface area contributed by atoms with Gasteiger partial charge in [-0.2, -0.15) is 0 Å². The number of nitrogens with two attached hydrogens (primary N) is 1. The molecule has 0 radical (unpaired) electrons. The number of sulfonamides is 1. The maximum Gasteiger partial charge on any atom is 0.244 e. The summed E-state index contributed by atoms with van der Waals surface area (Å²) in [5.41, 5.74) is 5.38. The number of nitrogens with one attached hydrogen (secondary N) is 1. The smallest absolute Gasteiger partial charge is 0.244 e. The van der Waals surface area contributed by atoms with Gasteiger partial charge in [0.15, 0.2) is 0 Å². The molecule has 1 fully saturated rings. The number of hydrogen-bond acceptors (Lipinski definition) is 4. The van der Waals surface area contributed by atoms with Crippen molar-refractivity contribution in [1.82, 2.24) is 4.72 Å². The number of hydrogen-bond donors (Lipinski definition) is 2. The highest BCUT2D eigenvalue weighted by atomic mass is 32.2. The largest absolute Gasteiger partial charge is 0.492 e. The van der Waals surface area contributed by atoms with Crippen LogP contribution in [0.4, 0.5) is 0 Å². The van der Waals surface area contributed by atoms with Crippen LogP contribution in [0, 0.1) is 0 Å². The second kappa shape index (κ2) is 5.69. The number of para-hydroxylation sites is 1. The first-order valence-electron chi connectivity index (χ1n) is 6.08. The lowest BCUT2D eigenvalue weighted by Gasteiger charge is -2.12. The third-order valence-electron chi connectivity index (χ3n) is 2.64. The lowest BCUT2D eigenvalue weighted by molar-refractivity contribution is 0.305. The van der Waals surface area contributed by atoms with E-state index in [0.717, 1.165) is 12.8 Å². The van der Waals surface area contributed by atoms with E-state index >= 15 is 0 Å². The standard InChI is InChI=1S/C12H18N2O3S/c13-8-3-9-17-11-4-1-2-5-12(11)18(15,16)14-10-6-7-10/h1-2,4-5,10,14H,3,6-9,13H2. The fourth-order valence-corrected chi connectivity index (χ4v) is 2.99. The van der Waals surface area contributed by atoms with Gasteiger partial charge in [-0.3, -0.25) is 0 Å². The summed E-state index contributed by atoms with van der Waals surface area (Å²) in [6.07, 6.45) is 2.52. The molecule has 0 spiro atoms. The summed E-state index contributed by atoms with van der Waals surface area (Å²) >= 11 is 0. The molecule has 1 aliphatic rings. The van der Waals surface area contributed by atoms with Gasteiger partial charge in [0.2, 0.25) is 10.0 Å². The van der Waals surface area contributed by atoms with E-state index in [2.05, 4.69) is 4.72 Å². The Bertz CT molecular complexity index is 498. The summed E-state index contributed by atoms with van der Waals surface area (Å²) in [6, 6.07) is 6.76. The van der Waals surface area contributed by atoms with E-state index in [1.54, 1.807) is 24.3 Å². The summed E-state index contributed by atoms with van der Waals surface area (Å²) in [6.45, 7) is 0.946. The maximum atomic E-state index is 12.1. The predicted octanol–water partition coefficient (Wildman–Crippen LogP) is 0.855. The van der Waals surface area contributed by atoms with Gasteiger partial charge in [0, 0.05) is 6.04 Å². The van der Waals surface area contributed by atoms with Crippen LogP contribution < -0.4 is 15.2 Å². The third kappa shape index (κ3) is 3.44. The monoisotopic (exact) mass is 270 g/mol. The van der Waals surface area contributed by atoms with Crippen molar-refractivity contribution in [1.29, 1.82) is 0 Å². The normalized spacial score (nSPS) is 15.6. The van der Waals surface area contributed by atoms with Gasteiger partial charge in [-0.1, -0.05) is 12.1 Å². The second-order valence-electron chi connectivity index (χ2n) is 4.33. The van der Waals surface area contributed by atoms with Gasteiger partial charge in [0.05, 0.1) is 6.61 Å². The minimum Gasteiger partial charge on any atom is -0.492 e. The molecule has 0 aliphatic heterocycles. The van der Waals surface area contributed by atoms with E-state index in [9.17, 15) is 8.42 Å². The molecule has 100 valence electrons. The van der Waals surface area contributed by atoms with Crippen LogP contribution in [-0.4, -0.2) is 27.6 Å². The minimum absolute atomic E-state index is 0.0899. The van der Waals surface area contributed by atoms with Gasteiger partial charge < -0.3 is 10.5 Å². The molecule has 5 nitrogen and oxygen atoms in total. The van der Waals surface area contributed by atoms with Crippen molar-refractivity contribution in [3.63, 3.8) is 0 Å². The first-order valence-corrected chi connectivity index (χ1v) is 7.56. The second-order valence-corrected chi connectivity index (χ2v) is 6.02. The SMILES string of the molecule is NCCCOc1ccccc1S(=O)(=O)NC1CC1. The summed E-state index contributed by atoms with van der Waals surface area (Å²) in [5.74, 6) is 0.388. The van der Waals surface area contributed by atoms with Crippen LogP contribution in [0.5, 0.6) is 5.75 Å². The Morgan fingerprint density at radius 2 is 2.06 bits per heavy atom. The van der Waals surface area contributed by atoms with Crippen molar-refractivity contribution in [3.8, 4) is 5.75 Å². The van der Waals surface area contributed by atoms with Crippen molar-refractivity contribution in [2.75, 3.05) is 13.2 Å². The van der Waals surface area contributed by atoms with E-state index in [4.69, 9.17) is 10.5 Å². The van der Waals surface area contributed by atoms with Gasteiger partial charge in [0.1, 0.15) is 10.6 Å². The Balaban J connectivity index is 2.15. The molecule has 3 N–H and O–H groups in total. The topological polar surface area (TPSA) is 81.4 Å². The molecular weight excluding hydrogens is 252 g/mol. The summed E-state index contributed by atoms with van der Waals surface area (Å²) < 4.78 is 32.4. The van der Waals surface area contributed by atoms with Crippen molar-refractivity contribution in [3.05, 3.63) is 24.3 Å². The van der Waals surface area contributed by atoms with Crippen molar-refractivity contribution < 1.29 is 13.2 Å². The molecule has 1 aromatic rings. The predicted molar refractivity (Wildman–Crippen MR) is 69.0 cm³/mol. The average molecular weight is 270 g/mol. The van der Waals surface area contributed by atoms with E-state index in [0.29, 0.717) is 25.3 Å². The molecule has 0 saturated heterocycles. The highest BCUT2D eigenvalue weighted by molar-refractivity contribution is 7.89. The maximum absolute atomic E-state index is 12.1. The van der Waals surface area contributed by atoms with E-state index in [-0.39, 0.29) is 10.9 Å². The molecule has 18 heavy (non-hydrogen) atoms. The van der Waals surface area contributed by atoms with Gasteiger partial charge >= 0.3 is 0 Å². The Morgan fingerprint density at radius 3 is 2.72 bits per heavy atom. The zero-order chi connectivity index (χ0) is 13.0. The number of rotatable bonds is 7. The highest BCUT2D eigenvalue weighted by Gasteiger charge is 2.29. The lowest BCUT2D eigenvalue weighted by atomic mass is 10.3. The molecule has 0 amide bonds. The van der Waals surface area contributed by atoms with Crippen LogP contribution in [0.25, 0.3) is 0 Å². The van der Waals surface area contributed by atoms with Gasteiger partial charge in [-0.15, -0.1) is 0 Å². The Labute approximate surface area is 107 Å². The van der Waals surface area contributed by atoms with Crippen molar-refractivity contribution >= 4 is 10.0 Å². The van der Waals surface area contributed by atoms with Crippen LogP contribution in [0.15, 0.2) is 29.2 Å². The third-order valence-corrected chi connectivity index (χ3v) is 4.20. The molecule has 0 aromatic heterocycles. The molecule has 0 bridgehead atoms. The summed E-state index contributed by atoms with van der Waals surface area (Å²) in [4.78, 5) is 0.203. The molecule has 2 rings (SSSR count). The lowest BCUT2D eigenvalue weighted by Crippen LogP contribution is -2.26. The molecule has 1 aliphatic carbocycles. The minimum atomic E-state index is -3.47. The zero-order valence-corrected chi connectivity index (χ0v) is 10.9. The molecule has 6 heteroatoms. The first kappa shape index (κ1) is 13.3. The first-order chi connectivity index (χ1) is 8.63. The Kier molecular flexibility index (Phi) is 4.21. The zero-order valence-electron chi connectivity index (χ0n) is 10.1. The summed E-state index contributed by atoms with van der Waals surface area (Å²) in [5, 5.41) is 0. The summed E-state index contributed by atoms with van der Waals surface area (Å²) in [7, 11) is -3.47. The van der Waals surface area contributed by atoms with Crippen LogP contribution in [-0.2, 0) is 10.0 Å². The quantitative estimate of drug-likeness (QED) is 0.720. The van der Waals surface area contributed by atoms with Crippen molar-refractivity contribution in [2.24, 2.45) is 5.73 Å². The van der Waals surface area contributed by atoms with Crippen LogP contribution in [0.1, 0.15) is 19.3 Å². The van der Waals surface area contributed by atoms with Crippen LogP contribution >= 0.6 is 0 Å². The van der Waals surface area contributed by atoms with Crippen LogP contribution in [0.3, 0.4) is 0 Å². The van der Waals surface area contributed by atoms with Gasteiger partial charge in [-0.05, 0) is 37.9 Å². The molecule has 0 heterocycles. The number of benzene rings is 1. The average Bonchev–Trinajstić information content (AvgIpc) is 3.13. The number of ether oxygens (including phenoxy) is 1. The Hall–Kier alpha value is -1.11. The molecule has 0 atom stereocenters. The highest BCUT2D eigenvalue weighted by Crippen LogP contribution is 2.27. The molecule has 0 unspecified atom stereocenters. The van der Waals surface area contributed by atoms with E-state index < -0.39 is 10.0 Å². The van der Waals surface area contributed by atoms with Crippen molar-refractivity contribution in [2.45, 2.75) is 30.2 Å². The van der Waals surface area contributed by atoms with E-state index in [1.165, 1.54) is 0 Å². The Morgan fingerprint density at radius 1 is 1.33 bits per heavy atom. The fraction of sp³-hybridized carbons (Fsp3) is 0.500. The van der Waals surface area contributed by atoms with Gasteiger partial charge in [0.25, 0.3) is 0 Å². The fourth-order valence-electron chi connectivity index (χ4n) is 1.54. The molecule has 1 aromatic carbocycles. The molecule has 1 saturated carbocycles. The van der Waals surface area contributed by atoms with Gasteiger partial charge in [-0.25, -0.2) is 13.1 Å². The molecular formula is C12H18N2O3S. The van der Waals surface area contributed by atoms with Crippen LogP contribution in [0.2, 0.25) is 0 Å². The van der Waals surface area contributed by atoms with E-state index in [1.807, 2.05) is 0 Å².